The first-order valence-electron chi connectivity index (χ1n) is 5.57. The van der Waals surface area contributed by atoms with Crippen molar-refractivity contribution in [1.82, 2.24) is 19.5 Å². The topological polar surface area (TPSA) is 55.7 Å². The molecular formula is C12H8F2N4OS. The second kappa shape index (κ2) is 4.64. The number of aromatic nitrogens is 4. The van der Waals surface area contributed by atoms with Crippen LogP contribution in [0.3, 0.4) is 0 Å². The molecule has 0 aliphatic carbocycles. The summed E-state index contributed by atoms with van der Waals surface area (Å²) in [5, 5.41) is 0. The normalized spacial score (nSPS) is 10.9. The Bertz CT molecular complexity index is 858. The molecule has 8 heteroatoms. The number of aromatic amines is 1. The van der Waals surface area contributed by atoms with Gasteiger partial charge < -0.3 is 9.72 Å². The highest BCUT2D eigenvalue weighted by Crippen LogP contribution is 2.24. The average Bonchev–Trinajstić information content (AvgIpc) is 2.75. The van der Waals surface area contributed by atoms with E-state index < -0.39 is 11.6 Å². The van der Waals surface area contributed by atoms with Gasteiger partial charge in [0.05, 0.1) is 12.8 Å². The zero-order valence-corrected chi connectivity index (χ0v) is 11.0. The van der Waals surface area contributed by atoms with Crippen molar-refractivity contribution in [3.8, 4) is 11.6 Å². The largest absolute Gasteiger partial charge is 0.479 e. The Morgan fingerprint density at radius 2 is 2.10 bits per heavy atom. The Morgan fingerprint density at radius 1 is 1.30 bits per heavy atom. The molecule has 3 rings (SSSR count). The summed E-state index contributed by atoms with van der Waals surface area (Å²) < 4.78 is 33.6. The van der Waals surface area contributed by atoms with Gasteiger partial charge in [0.1, 0.15) is 23.5 Å². The number of benzene rings is 1. The lowest BCUT2D eigenvalue weighted by Gasteiger charge is -2.05. The molecule has 0 saturated heterocycles. The van der Waals surface area contributed by atoms with E-state index in [2.05, 4.69) is 15.0 Å². The summed E-state index contributed by atoms with van der Waals surface area (Å²) in [5.41, 5.74) is 0.902. The summed E-state index contributed by atoms with van der Waals surface area (Å²) in [6, 6.07) is 3.23. The van der Waals surface area contributed by atoms with Gasteiger partial charge in [0, 0.05) is 6.07 Å². The molecule has 0 aliphatic heterocycles. The van der Waals surface area contributed by atoms with Crippen molar-refractivity contribution < 1.29 is 13.5 Å². The molecule has 0 spiro atoms. The van der Waals surface area contributed by atoms with Gasteiger partial charge in [0.2, 0.25) is 5.88 Å². The molecule has 0 saturated carbocycles. The summed E-state index contributed by atoms with van der Waals surface area (Å²) >= 11 is 5.16. The number of imidazole rings is 1. The van der Waals surface area contributed by atoms with Gasteiger partial charge >= 0.3 is 0 Å². The molecule has 0 radical (unpaired) electrons. The molecule has 2 heterocycles. The smallest absolute Gasteiger partial charge is 0.242 e. The standard InChI is InChI=1S/C12H8F2N4OS/c1-19-11-9-10(15-5-16-11)18(12(20)17-9)8-3-2-6(13)4-7(8)14/h2-5H,1H3,(H,17,20). The van der Waals surface area contributed by atoms with Gasteiger partial charge in [-0.15, -0.1) is 0 Å². The first-order chi connectivity index (χ1) is 9.61. The Morgan fingerprint density at radius 3 is 2.80 bits per heavy atom. The van der Waals surface area contributed by atoms with Crippen LogP contribution in [0.4, 0.5) is 8.78 Å². The quantitative estimate of drug-likeness (QED) is 0.738. The highest BCUT2D eigenvalue weighted by molar-refractivity contribution is 7.71. The molecule has 0 bridgehead atoms. The van der Waals surface area contributed by atoms with E-state index in [1.807, 2.05) is 0 Å². The van der Waals surface area contributed by atoms with Crippen molar-refractivity contribution in [3.63, 3.8) is 0 Å². The van der Waals surface area contributed by atoms with E-state index >= 15 is 0 Å². The summed E-state index contributed by atoms with van der Waals surface area (Å²) in [6.07, 6.45) is 1.28. The van der Waals surface area contributed by atoms with Crippen molar-refractivity contribution >= 4 is 23.4 Å². The van der Waals surface area contributed by atoms with Crippen molar-refractivity contribution in [2.24, 2.45) is 0 Å². The zero-order chi connectivity index (χ0) is 14.3. The van der Waals surface area contributed by atoms with E-state index in [0.29, 0.717) is 17.0 Å². The fraction of sp³-hybridized carbons (Fsp3) is 0.0833. The van der Waals surface area contributed by atoms with Gasteiger partial charge in [0.25, 0.3) is 0 Å². The Labute approximate surface area is 116 Å². The van der Waals surface area contributed by atoms with Gasteiger partial charge in [-0.1, -0.05) is 0 Å². The van der Waals surface area contributed by atoms with Crippen molar-refractivity contribution in [1.29, 1.82) is 0 Å². The molecule has 3 aromatic rings. The number of rotatable bonds is 2. The monoisotopic (exact) mass is 294 g/mol. The second-order valence-corrected chi connectivity index (χ2v) is 4.33. The van der Waals surface area contributed by atoms with Crippen LogP contribution in [0, 0.1) is 16.4 Å². The Hall–Kier alpha value is -2.35. The zero-order valence-electron chi connectivity index (χ0n) is 10.2. The number of fused-ring (bicyclic) bond motifs is 1. The molecule has 0 aliphatic rings. The molecular weight excluding hydrogens is 286 g/mol. The summed E-state index contributed by atoms with van der Waals surface area (Å²) in [5.74, 6) is -1.10. The number of H-pyrrole nitrogens is 1. The summed E-state index contributed by atoms with van der Waals surface area (Å²) in [6.45, 7) is 0. The molecule has 0 fully saturated rings. The molecule has 0 amide bonds. The van der Waals surface area contributed by atoms with Crippen molar-refractivity contribution in [2.45, 2.75) is 0 Å². The summed E-state index contributed by atoms with van der Waals surface area (Å²) in [7, 11) is 1.45. The Balaban J connectivity index is 2.37. The predicted octanol–water partition coefficient (Wildman–Crippen LogP) is 2.76. The van der Waals surface area contributed by atoms with Gasteiger partial charge in [-0.05, 0) is 24.4 Å². The van der Waals surface area contributed by atoms with E-state index in [1.165, 1.54) is 24.1 Å². The van der Waals surface area contributed by atoms with Crippen LogP contribution >= 0.6 is 12.2 Å². The van der Waals surface area contributed by atoms with Crippen LogP contribution < -0.4 is 4.74 Å². The highest BCUT2D eigenvalue weighted by Gasteiger charge is 2.15. The van der Waals surface area contributed by atoms with Gasteiger partial charge in [0.15, 0.2) is 10.4 Å². The fourth-order valence-electron chi connectivity index (χ4n) is 1.94. The lowest BCUT2D eigenvalue weighted by molar-refractivity contribution is 0.401. The molecule has 5 nitrogen and oxygen atoms in total. The number of halogens is 2. The highest BCUT2D eigenvalue weighted by atomic mass is 32.1. The third-order valence-electron chi connectivity index (χ3n) is 2.78. The molecule has 20 heavy (non-hydrogen) atoms. The van der Waals surface area contributed by atoms with Crippen molar-refractivity contribution in [3.05, 3.63) is 40.9 Å². The van der Waals surface area contributed by atoms with E-state index in [0.717, 1.165) is 12.1 Å². The van der Waals surface area contributed by atoms with Gasteiger partial charge in [-0.25, -0.2) is 13.8 Å². The van der Waals surface area contributed by atoms with Gasteiger partial charge in [-0.2, -0.15) is 4.98 Å². The Kier molecular flexibility index (Phi) is 2.94. The third kappa shape index (κ3) is 1.85. The van der Waals surface area contributed by atoms with Crippen LogP contribution in [0.5, 0.6) is 5.88 Å². The number of methoxy groups -OCH3 is 1. The van der Waals surface area contributed by atoms with Crippen LogP contribution in [0.15, 0.2) is 24.5 Å². The minimum atomic E-state index is -0.737. The number of nitrogens with zero attached hydrogens (tertiary/aromatic N) is 3. The first-order valence-corrected chi connectivity index (χ1v) is 5.98. The molecule has 102 valence electrons. The van der Waals surface area contributed by atoms with Crippen LogP contribution in [-0.4, -0.2) is 26.6 Å². The minimum absolute atomic E-state index is 0.100. The molecule has 1 N–H and O–H groups in total. The summed E-state index contributed by atoms with van der Waals surface area (Å²) in [4.78, 5) is 10.9. The lowest BCUT2D eigenvalue weighted by atomic mass is 10.3. The average molecular weight is 294 g/mol. The number of hydrogen-bond donors (Lipinski definition) is 1. The van der Waals surface area contributed by atoms with E-state index in [-0.39, 0.29) is 10.5 Å². The fourth-order valence-corrected chi connectivity index (χ4v) is 2.23. The van der Waals surface area contributed by atoms with Crippen LogP contribution in [0.2, 0.25) is 0 Å². The van der Waals surface area contributed by atoms with Crippen LogP contribution in [-0.2, 0) is 0 Å². The van der Waals surface area contributed by atoms with E-state index in [9.17, 15) is 8.78 Å². The molecule has 0 unspecified atom stereocenters. The van der Waals surface area contributed by atoms with Gasteiger partial charge in [-0.3, -0.25) is 4.57 Å². The van der Waals surface area contributed by atoms with Crippen LogP contribution in [0.1, 0.15) is 0 Å². The number of ether oxygens (including phenoxy) is 1. The second-order valence-electron chi connectivity index (χ2n) is 3.94. The molecule has 1 aromatic carbocycles. The maximum atomic E-state index is 13.9. The van der Waals surface area contributed by atoms with E-state index in [4.69, 9.17) is 17.0 Å². The molecule has 2 aromatic heterocycles. The lowest BCUT2D eigenvalue weighted by Crippen LogP contribution is -2.00. The molecule has 0 atom stereocenters. The minimum Gasteiger partial charge on any atom is -0.479 e. The maximum absolute atomic E-state index is 13.9. The maximum Gasteiger partial charge on any atom is 0.242 e. The third-order valence-corrected chi connectivity index (χ3v) is 3.07. The van der Waals surface area contributed by atoms with Crippen molar-refractivity contribution in [2.75, 3.05) is 7.11 Å². The number of hydrogen-bond acceptors (Lipinski definition) is 4. The SMILES string of the molecule is COc1ncnc2c1[nH]c(=S)n2-c1ccc(F)cc1F. The van der Waals surface area contributed by atoms with E-state index in [1.54, 1.807) is 0 Å². The number of nitrogens with one attached hydrogen (secondary N) is 1. The van der Waals surface area contributed by atoms with Crippen LogP contribution in [0.25, 0.3) is 16.9 Å². The predicted molar refractivity (Wildman–Crippen MR) is 70.5 cm³/mol. The first kappa shape index (κ1) is 12.7.